The second-order valence-corrected chi connectivity index (χ2v) is 3.83. The molecule has 1 N–H and O–H groups in total. The largest absolute Gasteiger partial charge is 0.733 e. The molecule has 1 rings (SSSR count). The zero-order chi connectivity index (χ0) is 15.8. The number of anilines is 1. The van der Waals surface area contributed by atoms with Crippen molar-refractivity contribution in [3.05, 3.63) is 40.6 Å². The number of rotatable bonds is 6. The molecular weight excluding hydrogens is 278 g/mol. The van der Waals surface area contributed by atoms with Crippen LogP contribution in [0.4, 0.5) is 5.69 Å². The van der Waals surface area contributed by atoms with Gasteiger partial charge in [0.05, 0.1) is 18.9 Å². The zero-order valence-electron chi connectivity index (χ0n) is 11.7. The summed E-state index contributed by atoms with van der Waals surface area (Å²) in [5, 5.41) is 19.7. The summed E-state index contributed by atoms with van der Waals surface area (Å²) in [5.74, 6) is -1.72. The van der Waals surface area contributed by atoms with Crippen LogP contribution in [-0.4, -0.2) is 30.4 Å². The molecule has 0 bridgehead atoms. The van der Waals surface area contributed by atoms with Crippen molar-refractivity contribution in [1.82, 2.24) is 0 Å². The van der Waals surface area contributed by atoms with Gasteiger partial charge in [0, 0.05) is 5.56 Å². The summed E-state index contributed by atoms with van der Waals surface area (Å²) in [7, 11) is 0. The number of esters is 2. The smallest absolute Gasteiger partial charge is 0.345 e. The summed E-state index contributed by atoms with van der Waals surface area (Å²) in [6.07, 6.45) is 1.15. The highest BCUT2D eigenvalue weighted by Crippen LogP contribution is 2.22. The molecule has 1 aromatic rings. The minimum absolute atomic E-state index is 0.0882. The number of carbonyl (C=O) groups is 2. The van der Waals surface area contributed by atoms with Gasteiger partial charge in [-0.15, -0.1) is 0 Å². The molecule has 0 aliphatic carbocycles. The van der Waals surface area contributed by atoms with Crippen LogP contribution in [0.25, 0.3) is 6.08 Å². The Morgan fingerprint density at radius 1 is 1.19 bits per heavy atom. The number of hydrogen-bond donors (Lipinski definition) is 1. The Balaban J connectivity index is 3.25. The molecule has 0 saturated carbocycles. The van der Waals surface area contributed by atoms with E-state index in [4.69, 9.17) is 14.7 Å². The van der Waals surface area contributed by atoms with Crippen LogP contribution in [0.2, 0.25) is 0 Å². The monoisotopic (exact) mass is 294 g/mol. The average molecular weight is 294 g/mol. The van der Waals surface area contributed by atoms with Crippen molar-refractivity contribution in [2.45, 2.75) is 13.8 Å². The van der Waals surface area contributed by atoms with Crippen LogP contribution in [0, 0.1) is 5.21 Å². The predicted molar refractivity (Wildman–Crippen MR) is 75.3 cm³/mol. The SMILES string of the molecule is CCOC(=O)C(=Cc1ccccc1N([O-])O)C(=O)OCC. The third kappa shape index (κ3) is 4.59. The molecule has 0 radical (unpaired) electrons. The Bertz CT molecular complexity index is 518. The fourth-order valence-electron chi connectivity index (χ4n) is 1.56. The van der Waals surface area contributed by atoms with E-state index in [2.05, 4.69) is 0 Å². The fourth-order valence-corrected chi connectivity index (χ4v) is 1.56. The molecule has 7 heteroatoms. The van der Waals surface area contributed by atoms with Crippen LogP contribution in [0.5, 0.6) is 0 Å². The third-order valence-electron chi connectivity index (χ3n) is 2.43. The Labute approximate surface area is 121 Å². The highest BCUT2D eigenvalue weighted by Gasteiger charge is 2.21. The molecule has 7 nitrogen and oxygen atoms in total. The molecule has 21 heavy (non-hydrogen) atoms. The van der Waals surface area contributed by atoms with Gasteiger partial charge in [0.15, 0.2) is 0 Å². The maximum atomic E-state index is 11.8. The number of benzene rings is 1. The van der Waals surface area contributed by atoms with Gasteiger partial charge < -0.3 is 19.9 Å². The second kappa shape index (κ2) is 8.03. The van der Waals surface area contributed by atoms with Crippen molar-refractivity contribution >= 4 is 23.7 Å². The van der Waals surface area contributed by atoms with Gasteiger partial charge in [0.25, 0.3) is 0 Å². The maximum Gasteiger partial charge on any atom is 0.345 e. The van der Waals surface area contributed by atoms with Crippen LogP contribution < -0.4 is 5.23 Å². The summed E-state index contributed by atoms with van der Waals surface area (Å²) < 4.78 is 9.56. The molecule has 0 amide bonds. The Morgan fingerprint density at radius 2 is 1.71 bits per heavy atom. The molecule has 0 aliphatic rings. The van der Waals surface area contributed by atoms with Crippen LogP contribution in [0.1, 0.15) is 19.4 Å². The van der Waals surface area contributed by atoms with E-state index < -0.39 is 11.9 Å². The lowest BCUT2D eigenvalue weighted by Crippen LogP contribution is -2.18. The lowest BCUT2D eigenvalue weighted by molar-refractivity contribution is -0.146. The van der Waals surface area contributed by atoms with Crippen molar-refractivity contribution in [2.24, 2.45) is 0 Å². The average Bonchev–Trinajstić information content (AvgIpc) is 2.45. The highest BCUT2D eigenvalue weighted by molar-refractivity contribution is 6.18. The number of hydrogen-bond acceptors (Lipinski definition) is 7. The summed E-state index contributed by atoms with van der Waals surface area (Å²) in [6, 6.07) is 5.93. The van der Waals surface area contributed by atoms with Crippen LogP contribution in [-0.2, 0) is 19.1 Å². The highest BCUT2D eigenvalue weighted by atomic mass is 16.8. The molecule has 0 unspecified atom stereocenters. The summed E-state index contributed by atoms with van der Waals surface area (Å²) in [6.45, 7) is 3.37. The lowest BCUT2D eigenvalue weighted by Gasteiger charge is -2.23. The molecule has 1 aromatic carbocycles. The zero-order valence-corrected chi connectivity index (χ0v) is 11.7. The normalized spacial score (nSPS) is 9.71. The number of ether oxygens (including phenoxy) is 2. The summed E-state index contributed by atoms with van der Waals surface area (Å²) in [5.41, 5.74) is -0.275. The molecule has 0 saturated heterocycles. The van der Waals surface area contributed by atoms with Gasteiger partial charge in [-0.1, -0.05) is 18.2 Å². The fraction of sp³-hybridized carbons (Fsp3) is 0.286. The van der Waals surface area contributed by atoms with E-state index in [-0.39, 0.29) is 35.3 Å². The molecule has 114 valence electrons. The minimum Gasteiger partial charge on any atom is -0.733 e. The Kier molecular flexibility index (Phi) is 6.38. The van der Waals surface area contributed by atoms with E-state index in [1.165, 1.54) is 18.2 Å². The quantitative estimate of drug-likeness (QED) is 0.281. The first-order valence-electron chi connectivity index (χ1n) is 6.32. The van der Waals surface area contributed by atoms with Crippen molar-refractivity contribution in [3.8, 4) is 0 Å². The molecule has 0 spiro atoms. The first-order valence-corrected chi connectivity index (χ1v) is 6.32. The Morgan fingerprint density at radius 3 is 2.19 bits per heavy atom. The third-order valence-corrected chi connectivity index (χ3v) is 2.43. The van der Waals surface area contributed by atoms with Gasteiger partial charge in [0.2, 0.25) is 0 Å². The van der Waals surface area contributed by atoms with Crippen LogP contribution in [0.15, 0.2) is 29.8 Å². The summed E-state index contributed by atoms with van der Waals surface area (Å²) >= 11 is 0. The van der Waals surface area contributed by atoms with Crippen molar-refractivity contribution in [3.63, 3.8) is 0 Å². The van der Waals surface area contributed by atoms with Crippen LogP contribution >= 0.6 is 0 Å². The molecule has 0 aromatic heterocycles. The van der Waals surface area contributed by atoms with Crippen LogP contribution in [0.3, 0.4) is 0 Å². The molecular formula is C14H16NO6-. The minimum atomic E-state index is -0.860. The number of carbonyl (C=O) groups excluding carboxylic acids is 2. The topological polar surface area (TPSA) is 99.1 Å². The molecule has 0 atom stereocenters. The number of para-hydroxylation sites is 1. The van der Waals surface area contributed by atoms with Gasteiger partial charge in [-0.25, -0.2) is 9.59 Å². The van der Waals surface area contributed by atoms with E-state index in [0.717, 1.165) is 6.08 Å². The Hall–Kier alpha value is -2.38. The first-order chi connectivity index (χ1) is 10.0. The van der Waals surface area contributed by atoms with Crippen molar-refractivity contribution in [1.29, 1.82) is 0 Å². The second-order valence-electron chi connectivity index (χ2n) is 3.83. The maximum absolute atomic E-state index is 11.8. The van der Waals surface area contributed by atoms with E-state index in [9.17, 15) is 14.8 Å². The lowest BCUT2D eigenvalue weighted by atomic mass is 10.1. The van der Waals surface area contributed by atoms with E-state index >= 15 is 0 Å². The molecule has 0 fully saturated rings. The summed E-state index contributed by atoms with van der Waals surface area (Å²) in [4.78, 5) is 23.6. The van der Waals surface area contributed by atoms with Crippen molar-refractivity contribution < 1.29 is 24.3 Å². The predicted octanol–water partition coefficient (Wildman–Crippen LogP) is 1.89. The van der Waals surface area contributed by atoms with E-state index in [1.54, 1.807) is 19.9 Å². The first kappa shape index (κ1) is 16.7. The van der Waals surface area contributed by atoms with E-state index in [0.29, 0.717) is 0 Å². The molecule has 0 aliphatic heterocycles. The van der Waals surface area contributed by atoms with E-state index in [1.807, 2.05) is 0 Å². The number of nitrogens with zero attached hydrogens (tertiary/aromatic N) is 1. The van der Waals surface area contributed by atoms with Gasteiger partial charge >= 0.3 is 11.9 Å². The van der Waals surface area contributed by atoms with Gasteiger partial charge in [0.1, 0.15) is 5.57 Å². The van der Waals surface area contributed by atoms with Gasteiger partial charge in [-0.2, -0.15) is 0 Å². The van der Waals surface area contributed by atoms with Gasteiger partial charge in [-0.05, 0) is 26.0 Å². The molecule has 0 heterocycles. The van der Waals surface area contributed by atoms with Gasteiger partial charge in [-0.3, -0.25) is 5.21 Å². The standard InChI is InChI=1S/C14H16NO6/c1-3-20-13(16)11(14(17)21-4-2)9-10-7-5-6-8-12(10)15(18)19/h5-9,18H,3-4H2,1-2H3/q-1. The van der Waals surface area contributed by atoms with Crippen molar-refractivity contribution in [2.75, 3.05) is 18.4 Å².